The fraction of sp³-hybridized carbons (Fsp3) is 0.611. The Morgan fingerprint density at radius 1 is 1.32 bits per heavy atom. The first kappa shape index (κ1) is 17.0. The number of hydrogen-bond donors (Lipinski definition) is 0. The Labute approximate surface area is 133 Å². The summed E-state index contributed by atoms with van der Waals surface area (Å²) >= 11 is 0. The fourth-order valence-electron chi connectivity index (χ4n) is 3.34. The monoisotopic (exact) mass is 305 g/mol. The molecule has 0 aromatic heterocycles. The maximum absolute atomic E-state index is 12.4. The predicted molar refractivity (Wildman–Crippen MR) is 86.9 cm³/mol. The molecule has 1 fully saturated rings. The maximum Gasteiger partial charge on any atom is 0.248 e. The van der Waals surface area contributed by atoms with Crippen LogP contribution in [0.5, 0.6) is 0 Å². The van der Waals surface area contributed by atoms with E-state index < -0.39 is 0 Å². The van der Waals surface area contributed by atoms with Crippen molar-refractivity contribution in [3.05, 3.63) is 35.9 Å². The van der Waals surface area contributed by atoms with Crippen molar-refractivity contribution in [2.45, 2.75) is 38.1 Å². The Bertz CT molecular complexity index is 449. The van der Waals surface area contributed by atoms with Crippen molar-refractivity contribution in [1.82, 2.24) is 4.90 Å². The summed E-state index contributed by atoms with van der Waals surface area (Å²) in [7, 11) is 1.63. The van der Waals surface area contributed by atoms with Crippen LogP contribution in [-0.4, -0.2) is 50.3 Å². The van der Waals surface area contributed by atoms with E-state index >= 15 is 0 Å². The molecule has 0 radical (unpaired) electrons. The van der Waals surface area contributed by atoms with Gasteiger partial charge in [-0.2, -0.15) is 0 Å². The van der Waals surface area contributed by atoms with Gasteiger partial charge in [-0.25, -0.2) is 0 Å². The lowest BCUT2D eigenvalue weighted by Crippen LogP contribution is -2.41. The van der Waals surface area contributed by atoms with Crippen molar-refractivity contribution in [3.8, 4) is 0 Å². The van der Waals surface area contributed by atoms with Crippen LogP contribution in [0.25, 0.3) is 0 Å². The topological polar surface area (TPSA) is 38.8 Å². The zero-order valence-electron chi connectivity index (χ0n) is 13.7. The van der Waals surface area contributed by atoms with Crippen molar-refractivity contribution in [3.63, 3.8) is 0 Å². The van der Waals surface area contributed by atoms with Crippen LogP contribution in [-0.2, 0) is 14.3 Å². The third-order valence-corrected chi connectivity index (χ3v) is 4.41. The van der Waals surface area contributed by atoms with Crippen LogP contribution >= 0.6 is 0 Å². The molecule has 2 atom stereocenters. The lowest BCUT2D eigenvalue weighted by Gasteiger charge is -2.31. The van der Waals surface area contributed by atoms with E-state index in [0.717, 1.165) is 25.8 Å². The number of nitrogens with zero attached hydrogens (tertiary/aromatic N) is 1. The Hall–Kier alpha value is -1.39. The molecule has 1 aromatic carbocycles. The van der Waals surface area contributed by atoms with Crippen LogP contribution in [0.2, 0.25) is 0 Å². The van der Waals surface area contributed by atoms with Crippen LogP contribution in [0.4, 0.5) is 0 Å². The van der Waals surface area contributed by atoms with Gasteiger partial charge in [-0.15, -0.1) is 0 Å². The third-order valence-electron chi connectivity index (χ3n) is 4.41. The first-order chi connectivity index (χ1) is 10.8. The van der Waals surface area contributed by atoms with Gasteiger partial charge in [0.25, 0.3) is 0 Å². The van der Waals surface area contributed by atoms with E-state index in [0.29, 0.717) is 25.2 Å². The number of amides is 1. The minimum absolute atomic E-state index is 0.105. The molecule has 0 saturated carbocycles. The smallest absolute Gasteiger partial charge is 0.248 e. The van der Waals surface area contributed by atoms with Crippen LogP contribution in [0, 0.1) is 0 Å². The van der Waals surface area contributed by atoms with Gasteiger partial charge in [0.2, 0.25) is 5.91 Å². The van der Waals surface area contributed by atoms with Crippen LogP contribution in [0.3, 0.4) is 0 Å². The highest BCUT2D eigenvalue weighted by Crippen LogP contribution is 2.33. The highest BCUT2D eigenvalue weighted by atomic mass is 16.5. The second-order valence-electron chi connectivity index (χ2n) is 5.77. The quantitative estimate of drug-likeness (QED) is 0.693. The molecule has 1 aliphatic heterocycles. The number of ether oxygens (including phenoxy) is 2. The fourth-order valence-corrected chi connectivity index (χ4v) is 3.34. The molecule has 0 unspecified atom stereocenters. The summed E-state index contributed by atoms with van der Waals surface area (Å²) in [6.45, 7) is 4.20. The van der Waals surface area contributed by atoms with Gasteiger partial charge < -0.3 is 14.4 Å². The van der Waals surface area contributed by atoms with Crippen molar-refractivity contribution in [2.75, 3.05) is 33.5 Å². The van der Waals surface area contributed by atoms with E-state index in [2.05, 4.69) is 31.2 Å². The molecule has 122 valence electrons. The van der Waals surface area contributed by atoms with Crippen molar-refractivity contribution < 1.29 is 14.3 Å². The van der Waals surface area contributed by atoms with Crippen molar-refractivity contribution in [2.24, 2.45) is 0 Å². The molecule has 4 nitrogen and oxygen atoms in total. The van der Waals surface area contributed by atoms with E-state index in [4.69, 9.17) is 9.47 Å². The molecule has 0 aliphatic carbocycles. The van der Waals surface area contributed by atoms with E-state index in [1.807, 2.05) is 11.0 Å². The molecule has 0 spiro atoms. The molecule has 2 rings (SSSR count). The normalized spacial score (nSPS) is 19.4. The van der Waals surface area contributed by atoms with Gasteiger partial charge in [-0.3, -0.25) is 4.79 Å². The van der Waals surface area contributed by atoms with Gasteiger partial charge in [0.05, 0.1) is 13.2 Å². The van der Waals surface area contributed by atoms with Crippen LogP contribution in [0.15, 0.2) is 30.3 Å². The minimum atomic E-state index is 0.105. The number of rotatable bonds is 8. The Morgan fingerprint density at radius 3 is 2.77 bits per heavy atom. The van der Waals surface area contributed by atoms with Crippen LogP contribution in [0.1, 0.15) is 37.7 Å². The summed E-state index contributed by atoms with van der Waals surface area (Å²) in [6.07, 6.45) is 3.21. The molecule has 1 amide bonds. The summed E-state index contributed by atoms with van der Waals surface area (Å²) < 4.78 is 10.3. The van der Waals surface area contributed by atoms with Crippen molar-refractivity contribution in [1.29, 1.82) is 0 Å². The van der Waals surface area contributed by atoms with E-state index in [1.54, 1.807) is 7.11 Å². The predicted octanol–water partition coefficient (Wildman–Crippen LogP) is 2.83. The van der Waals surface area contributed by atoms with Gasteiger partial charge in [0, 0.05) is 25.6 Å². The first-order valence-corrected chi connectivity index (χ1v) is 8.19. The SMILES string of the molecule is CC[C@H](c1ccccc1)[C@H]1CCCN1C(=O)COCCOC. The average Bonchev–Trinajstić information content (AvgIpc) is 3.03. The van der Waals surface area contributed by atoms with E-state index in [1.165, 1.54) is 5.56 Å². The summed E-state index contributed by atoms with van der Waals surface area (Å²) in [5.41, 5.74) is 1.33. The summed E-state index contributed by atoms with van der Waals surface area (Å²) in [4.78, 5) is 14.5. The zero-order valence-corrected chi connectivity index (χ0v) is 13.7. The molecular weight excluding hydrogens is 278 g/mol. The van der Waals surface area contributed by atoms with Gasteiger partial charge in [0.15, 0.2) is 0 Å². The maximum atomic E-state index is 12.4. The van der Waals surface area contributed by atoms with E-state index in [9.17, 15) is 4.79 Å². The molecule has 1 aromatic rings. The highest BCUT2D eigenvalue weighted by molar-refractivity contribution is 5.78. The minimum Gasteiger partial charge on any atom is -0.382 e. The first-order valence-electron chi connectivity index (χ1n) is 8.19. The van der Waals surface area contributed by atoms with Crippen molar-refractivity contribution >= 4 is 5.91 Å². The number of hydrogen-bond acceptors (Lipinski definition) is 3. The summed E-state index contributed by atoms with van der Waals surface area (Å²) in [6, 6.07) is 10.8. The number of methoxy groups -OCH3 is 1. The standard InChI is InChI=1S/C18H27NO3/c1-3-16(15-8-5-4-6-9-15)17-10-7-11-19(17)18(20)14-22-13-12-21-2/h4-6,8-9,16-17H,3,7,10-14H2,1-2H3/t16-,17-/m1/s1. The number of carbonyl (C=O) groups is 1. The largest absolute Gasteiger partial charge is 0.382 e. The van der Waals surface area contributed by atoms with Crippen LogP contribution < -0.4 is 0 Å². The molecule has 0 N–H and O–H groups in total. The average molecular weight is 305 g/mol. The molecule has 1 heterocycles. The Balaban J connectivity index is 1.98. The molecule has 4 heteroatoms. The Kier molecular flexibility index (Phi) is 6.87. The van der Waals surface area contributed by atoms with Gasteiger partial charge in [-0.1, -0.05) is 37.3 Å². The third kappa shape index (κ3) is 4.31. The van der Waals surface area contributed by atoms with Gasteiger partial charge in [-0.05, 0) is 24.8 Å². The van der Waals surface area contributed by atoms with Gasteiger partial charge in [0.1, 0.15) is 6.61 Å². The molecule has 1 aliphatic rings. The molecule has 22 heavy (non-hydrogen) atoms. The van der Waals surface area contributed by atoms with E-state index in [-0.39, 0.29) is 12.5 Å². The lowest BCUT2D eigenvalue weighted by molar-refractivity contribution is -0.137. The second kappa shape index (κ2) is 8.91. The second-order valence-corrected chi connectivity index (χ2v) is 5.77. The number of carbonyl (C=O) groups excluding carboxylic acids is 1. The molecular formula is C18H27NO3. The lowest BCUT2D eigenvalue weighted by atomic mass is 9.87. The van der Waals surface area contributed by atoms with Gasteiger partial charge >= 0.3 is 0 Å². The summed E-state index contributed by atoms with van der Waals surface area (Å²) in [5, 5.41) is 0. The number of likely N-dealkylation sites (tertiary alicyclic amines) is 1. The summed E-state index contributed by atoms with van der Waals surface area (Å²) in [5.74, 6) is 0.514. The highest BCUT2D eigenvalue weighted by Gasteiger charge is 2.34. The Morgan fingerprint density at radius 2 is 2.09 bits per heavy atom. The molecule has 1 saturated heterocycles. The number of benzene rings is 1. The zero-order chi connectivity index (χ0) is 15.8. The molecule has 0 bridgehead atoms.